The second kappa shape index (κ2) is 4.79. The van der Waals surface area contributed by atoms with Crippen LogP contribution in [0.5, 0.6) is 0 Å². The Kier molecular flexibility index (Phi) is 3.94. The van der Waals surface area contributed by atoms with Gasteiger partial charge in [-0.3, -0.25) is 0 Å². The molecule has 1 heterocycles. The first kappa shape index (κ1) is 11.5. The van der Waals surface area contributed by atoms with E-state index in [0.29, 0.717) is 0 Å². The van der Waals surface area contributed by atoms with E-state index in [-0.39, 0.29) is 5.60 Å². The molecule has 1 aliphatic rings. The molecule has 80 valence electrons. The van der Waals surface area contributed by atoms with E-state index >= 15 is 0 Å². The van der Waals surface area contributed by atoms with Gasteiger partial charge in [0, 0.05) is 0 Å². The fraction of sp³-hybridized carbons (Fsp3) is 0.692. The molecular formula is C13H22O. The molecule has 1 aliphatic heterocycles. The van der Waals surface area contributed by atoms with Crippen molar-refractivity contribution in [3.05, 3.63) is 23.8 Å². The minimum Gasteiger partial charge on any atom is -0.366 e. The van der Waals surface area contributed by atoms with E-state index in [9.17, 15) is 0 Å². The van der Waals surface area contributed by atoms with Crippen LogP contribution in [0, 0.1) is 0 Å². The van der Waals surface area contributed by atoms with Gasteiger partial charge in [-0.25, -0.2) is 0 Å². The summed E-state index contributed by atoms with van der Waals surface area (Å²) >= 11 is 0. The third-order valence-electron chi connectivity index (χ3n) is 2.99. The van der Waals surface area contributed by atoms with Crippen molar-refractivity contribution in [3.63, 3.8) is 0 Å². The van der Waals surface area contributed by atoms with Gasteiger partial charge < -0.3 is 4.74 Å². The van der Waals surface area contributed by atoms with Crippen molar-refractivity contribution in [2.75, 3.05) is 6.61 Å². The molecule has 0 aromatic rings. The molecule has 0 saturated carbocycles. The molecule has 1 saturated heterocycles. The first-order chi connectivity index (χ1) is 6.70. The lowest BCUT2D eigenvalue weighted by atomic mass is 9.83. The normalized spacial score (nSPS) is 23.4. The van der Waals surface area contributed by atoms with Gasteiger partial charge in [0.2, 0.25) is 0 Å². The third kappa shape index (κ3) is 1.93. The molecule has 0 aromatic heterocycles. The summed E-state index contributed by atoms with van der Waals surface area (Å²) in [5, 5.41) is 0. The summed E-state index contributed by atoms with van der Waals surface area (Å²) in [5.41, 5.74) is 2.52. The molecule has 0 aromatic carbocycles. The second-order valence-corrected chi connectivity index (χ2v) is 4.09. The van der Waals surface area contributed by atoms with Crippen LogP contribution < -0.4 is 0 Å². The summed E-state index contributed by atoms with van der Waals surface area (Å²) in [6.45, 7) is 11.3. The first-order valence-corrected chi connectivity index (χ1v) is 5.69. The topological polar surface area (TPSA) is 9.23 Å². The van der Waals surface area contributed by atoms with Crippen LogP contribution >= 0.6 is 0 Å². The molecule has 0 amide bonds. The second-order valence-electron chi connectivity index (χ2n) is 4.09. The zero-order chi connectivity index (χ0) is 10.6. The highest BCUT2D eigenvalue weighted by molar-refractivity contribution is 5.40. The summed E-state index contributed by atoms with van der Waals surface area (Å²) < 4.78 is 5.97. The van der Waals surface area contributed by atoms with E-state index in [2.05, 4.69) is 33.4 Å². The van der Waals surface area contributed by atoms with Crippen LogP contribution in [-0.2, 0) is 4.74 Å². The molecule has 0 radical (unpaired) electrons. The lowest BCUT2D eigenvalue weighted by Crippen LogP contribution is -2.29. The molecule has 1 heteroatoms. The van der Waals surface area contributed by atoms with Crippen LogP contribution in [0.2, 0.25) is 0 Å². The fourth-order valence-corrected chi connectivity index (χ4v) is 2.52. The summed E-state index contributed by atoms with van der Waals surface area (Å²) in [7, 11) is 0. The Morgan fingerprint density at radius 1 is 1.36 bits per heavy atom. The summed E-state index contributed by atoms with van der Waals surface area (Å²) in [4.78, 5) is 0. The molecule has 0 aliphatic carbocycles. The molecule has 0 atom stereocenters. The quantitative estimate of drug-likeness (QED) is 0.660. The van der Waals surface area contributed by atoms with Crippen LogP contribution in [0.25, 0.3) is 0 Å². The standard InChI is InChI=1S/C13H22O/c1-5-8-13(9-6-2)12(7-3)11(4)10-14-13/h7H,4-6,8-10H2,1-3H3/b12-7+. The molecule has 0 unspecified atom stereocenters. The number of hydrogen-bond donors (Lipinski definition) is 0. The van der Waals surface area contributed by atoms with Gasteiger partial charge in [-0.05, 0) is 30.9 Å². The molecular weight excluding hydrogens is 172 g/mol. The summed E-state index contributed by atoms with van der Waals surface area (Å²) in [6, 6.07) is 0. The average molecular weight is 194 g/mol. The minimum atomic E-state index is -0.00463. The predicted octanol–water partition coefficient (Wildman–Crippen LogP) is 3.86. The number of hydrogen-bond acceptors (Lipinski definition) is 1. The van der Waals surface area contributed by atoms with Crippen LogP contribution in [-0.4, -0.2) is 12.2 Å². The van der Waals surface area contributed by atoms with Crippen LogP contribution in [0.4, 0.5) is 0 Å². The van der Waals surface area contributed by atoms with E-state index in [1.807, 2.05) is 0 Å². The predicted molar refractivity (Wildman–Crippen MR) is 61.4 cm³/mol. The highest BCUT2D eigenvalue weighted by Gasteiger charge is 2.39. The molecule has 1 fully saturated rings. The highest BCUT2D eigenvalue weighted by Crippen LogP contribution is 2.41. The first-order valence-electron chi connectivity index (χ1n) is 5.69. The average Bonchev–Trinajstić information content (AvgIpc) is 2.45. The van der Waals surface area contributed by atoms with Gasteiger partial charge in [0.05, 0.1) is 12.2 Å². The van der Waals surface area contributed by atoms with E-state index < -0.39 is 0 Å². The maximum atomic E-state index is 5.97. The lowest BCUT2D eigenvalue weighted by Gasteiger charge is -2.29. The third-order valence-corrected chi connectivity index (χ3v) is 2.99. The van der Waals surface area contributed by atoms with Crippen molar-refractivity contribution >= 4 is 0 Å². The van der Waals surface area contributed by atoms with Gasteiger partial charge >= 0.3 is 0 Å². The number of allylic oxidation sites excluding steroid dienone is 1. The number of rotatable bonds is 4. The van der Waals surface area contributed by atoms with E-state index in [1.165, 1.54) is 24.0 Å². The molecule has 14 heavy (non-hydrogen) atoms. The molecule has 0 spiro atoms. The van der Waals surface area contributed by atoms with Crippen molar-refractivity contribution in [1.82, 2.24) is 0 Å². The summed E-state index contributed by atoms with van der Waals surface area (Å²) in [6.07, 6.45) is 6.77. The van der Waals surface area contributed by atoms with Crippen molar-refractivity contribution in [1.29, 1.82) is 0 Å². The van der Waals surface area contributed by atoms with Crippen LogP contribution in [0.3, 0.4) is 0 Å². The summed E-state index contributed by atoms with van der Waals surface area (Å²) in [5.74, 6) is 0. The Bertz CT molecular complexity index is 232. The molecule has 1 rings (SSSR count). The smallest absolute Gasteiger partial charge is 0.0935 e. The van der Waals surface area contributed by atoms with Gasteiger partial charge in [0.15, 0.2) is 0 Å². The molecule has 0 bridgehead atoms. The van der Waals surface area contributed by atoms with E-state index in [1.54, 1.807) is 0 Å². The zero-order valence-corrected chi connectivity index (χ0v) is 9.73. The Balaban J connectivity index is 2.91. The van der Waals surface area contributed by atoms with Gasteiger partial charge in [0.1, 0.15) is 0 Å². The van der Waals surface area contributed by atoms with Gasteiger partial charge in [-0.2, -0.15) is 0 Å². The Morgan fingerprint density at radius 3 is 2.36 bits per heavy atom. The van der Waals surface area contributed by atoms with Crippen molar-refractivity contribution < 1.29 is 4.74 Å². The maximum absolute atomic E-state index is 5.97. The van der Waals surface area contributed by atoms with E-state index in [0.717, 1.165) is 19.4 Å². The zero-order valence-electron chi connectivity index (χ0n) is 9.73. The maximum Gasteiger partial charge on any atom is 0.0935 e. The van der Waals surface area contributed by atoms with Crippen molar-refractivity contribution in [2.24, 2.45) is 0 Å². The Labute approximate surface area is 87.8 Å². The Hall–Kier alpha value is -0.560. The van der Waals surface area contributed by atoms with Gasteiger partial charge in [-0.15, -0.1) is 0 Å². The lowest BCUT2D eigenvalue weighted by molar-refractivity contribution is 0.0119. The Morgan fingerprint density at radius 2 is 1.93 bits per heavy atom. The SMILES string of the molecule is C=C1COC(CCC)(CCC)/C1=C/C. The number of ether oxygens (including phenoxy) is 1. The van der Waals surface area contributed by atoms with Crippen LogP contribution in [0.1, 0.15) is 46.5 Å². The monoisotopic (exact) mass is 194 g/mol. The fourth-order valence-electron chi connectivity index (χ4n) is 2.52. The largest absolute Gasteiger partial charge is 0.366 e. The van der Waals surface area contributed by atoms with E-state index in [4.69, 9.17) is 4.74 Å². The van der Waals surface area contributed by atoms with Gasteiger partial charge in [0.25, 0.3) is 0 Å². The van der Waals surface area contributed by atoms with Crippen LogP contribution in [0.15, 0.2) is 23.8 Å². The van der Waals surface area contributed by atoms with Crippen molar-refractivity contribution in [3.8, 4) is 0 Å². The van der Waals surface area contributed by atoms with Crippen molar-refractivity contribution in [2.45, 2.75) is 52.1 Å². The van der Waals surface area contributed by atoms with Gasteiger partial charge in [-0.1, -0.05) is 39.3 Å². The molecule has 0 N–H and O–H groups in total. The highest BCUT2D eigenvalue weighted by atomic mass is 16.5. The minimum absolute atomic E-state index is 0.00463. The molecule has 1 nitrogen and oxygen atoms in total.